The van der Waals surface area contributed by atoms with Crippen molar-refractivity contribution in [3.8, 4) is 0 Å². The maximum Gasteiger partial charge on any atom is 0.332 e. The molecule has 8 nitrogen and oxygen atoms in total. The van der Waals surface area contributed by atoms with Crippen LogP contribution in [-0.4, -0.2) is 51.2 Å². The molecular formula is C24H29Cl2N5O3. The van der Waals surface area contributed by atoms with Crippen LogP contribution in [-0.2, 0) is 18.8 Å². The van der Waals surface area contributed by atoms with Crippen molar-refractivity contribution >= 4 is 35.2 Å². The number of ether oxygens (including phenoxy) is 1. The van der Waals surface area contributed by atoms with Crippen molar-refractivity contribution in [2.75, 3.05) is 27.2 Å². The SMILES string of the molecule is CN(C)CCOC(c1ccccc1)c1ccccc1.Cl.Cn1c(=O)c2[nH]c(Cl)nc2n(C)c1=O. The summed E-state index contributed by atoms with van der Waals surface area (Å²) in [6, 6.07) is 20.8. The zero-order chi connectivity index (χ0) is 24.0. The fraction of sp³-hybridized carbons (Fsp3) is 0.292. The molecule has 0 aliphatic carbocycles. The molecule has 34 heavy (non-hydrogen) atoms. The third-order valence-electron chi connectivity index (χ3n) is 5.09. The monoisotopic (exact) mass is 505 g/mol. The Balaban J connectivity index is 0.000000243. The Morgan fingerprint density at radius 3 is 2.00 bits per heavy atom. The second-order valence-electron chi connectivity index (χ2n) is 7.81. The minimum absolute atomic E-state index is 0. The molecule has 4 aromatic rings. The predicted molar refractivity (Wildman–Crippen MR) is 138 cm³/mol. The number of imidazole rings is 1. The number of halogens is 2. The lowest BCUT2D eigenvalue weighted by molar-refractivity contribution is 0.0687. The van der Waals surface area contributed by atoms with Crippen molar-refractivity contribution in [1.29, 1.82) is 0 Å². The van der Waals surface area contributed by atoms with Gasteiger partial charge < -0.3 is 14.6 Å². The zero-order valence-corrected chi connectivity index (χ0v) is 21.1. The quantitative estimate of drug-likeness (QED) is 0.406. The number of aryl methyl sites for hydroxylation is 1. The molecule has 0 spiro atoms. The van der Waals surface area contributed by atoms with Gasteiger partial charge in [-0.2, -0.15) is 4.98 Å². The van der Waals surface area contributed by atoms with Crippen molar-refractivity contribution in [1.82, 2.24) is 24.0 Å². The molecule has 4 rings (SSSR count). The number of aromatic amines is 1. The van der Waals surface area contributed by atoms with Crippen LogP contribution in [0.4, 0.5) is 0 Å². The summed E-state index contributed by atoms with van der Waals surface area (Å²) in [6.45, 7) is 1.65. The molecule has 0 saturated carbocycles. The highest BCUT2D eigenvalue weighted by Crippen LogP contribution is 2.25. The fourth-order valence-corrected chi connectivity index (χ4v) is 3.47. The van der Waals surface area contributed by atoms with E-state index in [9.17, 15) is 9.59 Å². The van der Waals surface area contributed by atoms with Crippen LogP contribution in [0.1, 0.15) is 17.2 Å². The van der Waals surface area contributed by atoms with E-state index in [0.29, 0.717) is 0 Å². The first-order valence-electron chi connectivity index (χ1n) is 10.5. The van der Waals surface area contributed by atoms with Crippen LogP contribution in [0, 0.1) is 0 Å². The number of nitrogens with one attached hydrogen (secondary N) is 1. The Morgan fingerprint density at radius 1 is 0.971 bits per heavy atom. The summed E-state index contributed by atoms with van der Waals surface area (Å²) in [5.41, 5.74) is 2.05. The minimum Gasteiger partial charge on any atom is -0.367 e. The highest BCUT2D eigenvalue weighted by Gasteiger charge is 2.14. The second-order valence-corrected chi connectivity index (χ2v) is 8.17. The van der Waals surface area contributed by atoms with E-state index in [4.69, 9.17) is 16.3 Å². The van der Waals surface area contributed by atoms with Gasteiger partial charge in [-0.1, -0.05) is 60.7 Å². The summed E-state index contributed by atoms with van der Waals surface area (Å²) in [4.78, 5) is 31.5. The smallest absolute Gasteiger partial charge is 0.332 e. The Kier molecular flexibility index (Phi) is 10.1. The zero-order valence-electron chi connectivity index (χ0n) is 19.6. The molecule has 0 bridgehead atoms. The largest absolute Gasteiger partial charge is 0.367 e. The van der Waals surface area contributed by atoms with E-state index in [2.05, 4.69) is 77.5 Å². The average molecular weight is 506 g/mol. The van der Waals surface area contributed by atoms with E-state index in [1.807, 2.05) is 12.1 Å². The summed E-state index contributed by atoms with van der Waals surface area (Å²) < 4.78 is 8.34. The summed E-state index contributed by atoms with van der Waals surface area (Å²) in [5.74, 6) is 0. The number of hydrogen-bond donors (Lipinski definition) is 1. The number of likely N-dealkylation sites (N-methyl/N-ethyl adjacent to an activating group) is 1. The highest BCUT2D eigenvalue weighted by molar-refractivity contribution is 6.28. The molecule has 182 valence electrons. The predicted octanol–water partition coefficient (Wildman–Crippen LogP) is 3.39. The summed E-state index contributed by atoms with van der Waals surface area (Å²) in [5, 5.41) is 0.0956. The van der Waals surface area contributed by atoms with Crippen molar-refractivity contribution in [2.45, 2.75) is 6.10 Å². The molecule has 0 atom stereocenters. The van der Waals surface area contributed by atoms with Gasteiger partial charge >= 0.3 is 5.69 Å². The molecule has 0 amide bonds. The molecule has 0 fully saturated rings. The van der Waals surface area contributed by atoms with Gasteiger partial charge in [0, 0.05) is 20.6 Å². The van der Waals surface area contributed by atoms with Crippen molar-refractivity contribution in [3.63, 3.8) is 0 Å². The number of hydrogen-bond acceptors (Lipinski definition) is 5. The number of H-pyrrole nitrogens is 1. The van der Waals surface area contributed by atoms with Crippen LogP contribution < -0.4 is 11.2 Å². The number of fused-ring (bicyclic) bond motifs is 1. The van der Waals surface area contributed by atoms with Gasteiger partial charge in [-0.15, -0.1) is 12.4 Å². The Morgan fingerprint density at radius 2 is 1.50 bits per heavy atom. The minimum atomic E-state index is -0.428. The maximum absolute atomic E-state index is 11.5. The third kappa shape index (κ3) is 6.57. The van der Waals surface area contributed by atoms with E-state index in [1.165, 1.54) is 29.8 Å². The Labute approximate surface area is 209 Å². The average Bonchev–Trinajstić information content (AvgIpc) is 3.22. The first kappa shape index (κ1) is 27.3. The van der Waals surface area contributed by atoms with Crippen LogP contribution in [0.3, 0.4) is 0 Å². The van der Waals surface area contributed by atoms with Crippen LogP contribution in [0.15, 0.2) is 70.3 Å². The van der Waals surface area contributed by atoms with Crippen LogP contribution >= 0.6 is 24.0 Å². The summed E-state index contributed by atoms with van der Waals surface area (Å²) >= 11 is 5.60. The molecule has 0 unspecified atom stereocenters. The molecule has 1 N–H and O–H groups in total. The van der Waals surface area contributed by atoms with Crippen LogP contribution in [0.5, 0.6) is 0 Å². The number of rotatable bonds is 6. The second kappa shape index (κ2) is 12.5. The van der Waals surface area contributed by atoms with Crippen LogP contribution in [0.25, 0.3) is 11.2 Å². The standard InChI is InChI=1S/C17H21NO.C7H7ClN4O2.ClH/c1-18(2)13-14-19-17(15-9-5-3-6-10-15)16-11-7-4-8-12-16;1-11-4-3(9-6(8)10-4)5(13)12(2)7(11)14;/h3-12,17H,13-14H2,1-2H3;1-2H3,(H,9,10);1H. The molecule has 0 aliphatic heterocycles. The number of nitrogens with zero attached hydrogens (tertiary/aromatic N) is 4. The highest BCUT2D eigenvalue weighted by atomic mass is 35.5. The number of aromatic nitrogens is 4. The Bertz CT molecular complexity index is 1260. The van der Waals surface area contributed by atoms with Gasteiger partial charge in [-0.05, 0) is 36.8 Å². The van der Waals surface area contributed by atoms with E-state index in [1.54, 1.807) is 0 Å². The van der Waals surface area contributed by atoms with Gasteiger partial charge in [0.15, 0.2) is 11.2 Å². The molecular weight excluding hydrogens is 477 g/mol. The van der Waals surface area contributed by atoms with E-state index < -0.39 is 11.2 Å². The van der Waals surface area contributed by atoms with Gasteiger partial charge in [-0.25, -0.2) is 4.79 Å². The lowest BCUT2D eigenvalue weighted by Crippen LogP contribution is -2.36. The third-order valence-corrected chi connectivity index (χ3v) is 5.27. The van der Waals surface area contributed by atoms with Crippen molar-refractivity contribution in [3.05, 3.63) is 97.9 Å². The lowest BCUT2D eigenvalue weighted by Gasteiger charge is -2.20. The summed E-state index contributed by atoms with van der Waals surface area (Å²) in [6.07, 6.45) is 0.0161. The first-order valence-corrected chi connectivity index (χ1v) is 10.8. The fourth-order valence-electron chi connectivity index (χ4n) is 3.29. The molecule has 0 radical (unpaired) electrons. The van der Waals surface area contributed by atoms with E-state index in [0.717, 1.165) is 17.7 Å². The normalized spacial score (nSPS) is 10.8. The molecule has 2 heterocycles. The van der Waals surface area contributed by atoms with Crippen molar-refractivity contribution < 1.29 is 4.74 Å². The Hall–Kier alpha value is -2.91. The molecule has 0 saturated heterocycles. The number of benzene rings is 2. The van der Waals surface area contributed by atoms with Crippen molar-refractivity contribution in [2.24, 2.45) is 14.1 Å². The maximum atomic E-state index is 11.5. The van der Waals surface area contributed by atoms with Gasteiger partial charge in [0.05, 0.1) is 6.61 Å². The van der Waals surface area contributed by atoms with E-state index >= 15 is 0 Å². The lowest BCUT2D eigenvalue weighted by atomic mass is 10.0. The van der Waals surface area contributed by atoms with Crippen LogP contribution in [0.2, 0.25) is 5.28 Å². The molecule has 10 heteroatoms. The van der Waals surface area contributed by atoms with Gasteiger partial charge in [0.25, 0.3) is 5.56 Å². The topological polar surface area (TPSA) is 85.2 Å². The van der Waals surface area contributed by atoms with E-state index in [-0.39, 0.29) is 35.0 Å². The molecule has 0 aliphatic rings. The van der Waals surface area contributed by atoms with Gasteiger partial charge in [0.1, 0.15) is 6.10 Å². The first-order chi connectivity index (χ1) is 15.8. The van der Waals surface area contributed by atoms with Gasteiger partial charge in [0.2, 0.25) is 5.28 Å². The van der Waals surface area contributed by atoms with Gasteiger partial charge in [-0.3, -0.25) is 13.9 Å². The summed E-state index contributed by atoms with van der Waals surface area (Å²) in [7, 11) is 7.05. The molecule has 2 aromatic heterocycles. The molecule has 2 aromatic carbocycles.